The van der Waals surface area contributed by atoms with Gasteiger partial charge in [0.25, 0.3) is 0 Å². The third-order valence-electron chi connectivity index (χ3n) is 4.17. The zero-order valence-corrected chi connectivity index (χ0v) is 13.8. The lowest BCUT2D eigenvalue weighted by molar-refractivity contribution is -0.127. The first-order valence-electron chi connectivity index (χ1n) is 7.69. The molecular weight excluding hydrogens is 306 g/mol. The molecule has 118 valence electrons. The SMILES string of the molecule is CSCCC1C(=O)C(c2ccccc2)N(c2ccccc2)C1=O. The van der Waals surface area contributed by atoms with Gasteiger partial charge in [0.15, 0.2) is 5.78 Å². The summed E-state index contributed by atoms with van der Waals surface area (Å²) in [6, 6.07) is 18.5. The van der Waals surface area contributed by atoms with Gasteiger partial charge in [-0.05, 0) is 36.1 Å². The first-order chi connectivity index (χ1) is 11.2. The summed E-state index contributed by atoms with van der Waals surface area (Å²) in [4.78, 5) is 27.5. The first-order valence-corrected chi connectivity index (χ1v) is 9.09. The van der Waals surface area contributed by atoms with Gasteiger partial charge in [-0.15, -0.1) is 0 Å². The summed E-state index contributed by atoms with van der Waals surface area (Å²) in [5.74, 6) is 0.211. The molecule has 3 nitrogen and oxygen atoms in total. The van der Waals surface area contributed by atoms with Gasteiger partial charge in [-0.1, -0.05) is 48.5 Å². The van der Waals surface area contributed by atoms with Gasteiger partial charge < -0.3 is 0 Å². The molecule has 0 radical (unpaired) electrons. The monoisotopic (exact) mass is 325 g/mol. The van der Waals surface area contributed by atoms with Crippen molar-refractivity contribution in [1.29, 1.82) is 0 Å². The topological polar surface area (TPSA) is 37.4 Å². The average Bonchev–Trinajstić information content (AvgIpc) is 2.85. The molecule has 2 atom stereocenters. The van der Waals surface area contributed by atoms with Crippen molar-refractivity contribution in [1.82, 2.24) is 0 Å². The number of amides is 1. The third kappa shape index (κ3) is 3.04. The van der Waals surface area contributed by atoms with Crippen LogP contribution in [0.25, 0.3) is 0 Å². The van der Waals surface area contributed by atoms with Crippen molar-refractivity contribution in [2.75, 3.05) is 16.9 Å². The van der Waals surface area contributed by atoms with Crippen molar-refractivity contribution in [2.45, 2.75) is 12.5 Å². The second kappa shape index (κ2) is 7.01. The van der Waals surface area contributed by atoms with Crippen LogP contribution in [0.2, 0.25) is 0 Å². The van der Waals surface area contributed by atoms with Gasteiger partial charge in [-0.3, -0.25) is 14.5 Å². The van der Waals surface area contributed by atoms with Crippen molar-refractivity contribution in [3.63, 3.8) is 0 Å². The van der Waals surface area contributed by atoms with Crippen LogP contribution in [0, 0.1) is 5.92 Å². The second-order valence-electron chi connectivity index (χ2n) is 5.59. The molecule has 1 aliphatic rings. The molecule has 3 rings (SSSR count). The van der Waals surface area contributed by atoms with Crippen LogP contribution < -0.4 is 4.90 Å². The smallest absolute Gasteiger partial charge is 0.238 e. The quantitative estimate of drug-likeness (QED) is 0.786. The number of hydrogen-bond donors (Lipinski definition) is 0. The van der Waals surface area contributed by atoms with E-state index < -0.39 is 12.0 Å². The maximum atomic E-state index is 12.9. The van der Waals surface area contributed by atoms with Crippen molar-refractivity contribution in [3.8, 4) is 0 Å². The van der Waals surface area contributed by atoms with Crippen LogP contribution in [-0.2, 0) is 9.59 Å². The number of Topliss-reactive ketones (excluding diaryl/α,β-unsaturated/α-hetero) is 1. The van der Waals surface area contributed by atoms with Crippen molar-refractivity contribution in [2.24, 2.45) is 5.92 Å². The number of carbonyl (C=O) groups is 2. The largest absolute Gasteiger partial charge is 0.297 e. The van der Waals surface area contributed by atoms with Crippen molar-refractivity contribution >= 4 is 29.1 Å². The Hall–Kier alpha value is -2.07. The normalized spacial score (nSPS) is 21.0. The van der Waals surface area contributed by atoms with Crippen LogP contribution in [0.4, 0.5) is 5.69 Å². The number of para-hydroxylation sites is 1. The average molecular weight is 325 g/mol. The van der Waals surface area contributed by atoms with Gasteiger partial charge >= 0.3 is 0 Å². The highest BCUT2D eigenvalue weighted by molar-refractivity contribution is 7.98. The number of carbonyl (C=O) groups excluding carboxylic acids is 2. The van der Waals surface area contributed by atoms with E-state index in [-0.39, 0.29) is 11.7 Å². The molecule has 4 heteroatoms. The molecule has 0 aliphatic carbocycles. The molecular formula is C19H19NO2S. The van der Waals surface area contributed by atoms with E-state index in [0.29, 0.717) is 6.42 Å². The number of rotatable bonds is 5. The minimum absolute atomic E-state index is 0.0131. The highest BCUT2D eigenvalue weighted by atomic mass is 32.2. The molecule has 23 heavy (non-hydrogen) atoms. The highest BCUT2D eigenvalue weighted by Gasteiger charge is 2.47. The maximum Gasteiger partial charge on any atom is 0.238 e. The number of ketones is 1. The molecule has 1 fully saturated rings. The van der Waals surface area contributed by atoms with E-state index in [1.807, 2.05) is 66.9 Å². The number of anilines is 1. The molecule has 1 aliphatic heterocycles. The standard InChI is InChI=1S/C19H19NO2S/c1-23-13-12-16-18(21)17(14-8-4-2-5-9-14)20(19(16)22)15-10-6-3-7-11-15/h2-11,16-17H,12-13H2,1H3. The number of hydrogen-bond acceptors (Lipinski definition) is 3. The first kappa shape index (κ1) is 15.8. The molecule has 0 N–H and O–H groups in total. The van der Waals surface area contributed by atoms with Crippen molar-refractivity contribution < 1.29 is 9.59 Å². The fraction of sp³-hybridized carbons (Fsp3) is 0.263. The molecule has 0 spiro atoms. The van der Waals surface area contributed by atoms with Crippen LogP contribution in [0.5, 0.6) is 0 Å². The number of benzene rings is 2. The predicted molar refractivity (Wildman–Crippen MR) is 94.6 cm³/mol. The fourth-order valence-corrected chi connectivity index (χ4v) is 3.52. The van der Waals surface area contributed by atoms with Crippen LogP contribution in [-0.4, -0.2) is 23.7 Å². The summed E-state index contributed by atoms with van der Waals surface area (Å²) in [7, 11) is 0. The van der Waals surface area contributed by atoms with E-state index in [2.05, 4.69) is 0 Å². The molecule has 2 aromatic rings. The van der Waals surface area contributed by atoms with Crippen LogP contribution in [0.3, 0.4) is 0 Å². The van der Waals surface area contributed by atoms with E-state index in [1.54, 1.807) is 16.7 Å². The van der Waals surface area contributed by atoms with Gasteiger partial charge in [0, 0.05) is 5.69 Å². The molecule has 1 heterocycles. The Bertz CT molecular complexity index is 630. The Morgan fingerprint density at radius 2 is 1.57 bits per heavy atom. The molecule has 2 aromatic carbocycles. The van der Waals surface area contributed by atoms with E-state index in [0.717, 1.165) is 17.0 Å². The molecule has 1 amide bonds. The lowest BCUT2D eigenvalue weighted by atomic mass is 9.96. The highest BCUT2D eigenvalue weighted by Crippen LogP contribution is 2.38. The summed E-state index contributed by atoms with van der Waals surface area (Å²) in [6.45, 7) is 0. The Kier molecular flexibility index (Phi) is 4.82. The Morgan fingerprint density at radius 1 is 0.957 bits per heavy atom. The minimum atomic E-state index is -0.534. The van der Waals surface area contributed by atoms with Gasteiger partial charge in [0.2, 0.25) is 5.91 Å². The van der Waals surface area contributed by atoms with Crippen LogP contribution in [0.1, 0.15) is 18.0 Å². The lowest BCUT2D eigenvalue weighted by Gasteiger charge is -2.24. The van der Waals surface area contributed by atoms with Crippen LogP contribution in [0.15, 0.2) is 60.7 Å². The van der Waals surface area contributed by atoms with Gasteiger partial charge in [0.1, 0.15) is 12.0 Å². The molecule has 0 bridgehead atoms. The van der Waals surface area contributed by atoms with Gasteiger partial charge in [-0.2, -0.15) is 11.8 Å². The summed E-state index contributed by atoms with van der Waals surface area (Å²) in [5, 5.41) is 0. The zero-order chi connectivity index (χ0) is 16.2. The van der Waals surface area contributed by atoms with E-state index in [1.165, 1.54) is 0 Å². The van der Waals surface area contributed by atoms with Gasteiger partial charge in [0.05, 0.1) is 0 Å². The van der Waals surface area contributed by atoms with E-state index in [4.69, 9.17) is 0 Å². The second-order valence-corrected chi connectivity index (χ2v) is 6.58. The molecule has 1 saturated heterocycles. The molecule has 0 saturated carbocycles. The van der Waals surface area contributed by atoms with E-state index >= 15 is 0 Å². The summed E-state index contributed by atoms with van der Waals surface area (Å²) in [5.41, 5.74) is 1.66. The fourth-order valence-electron chi connectivity index (χ4n) is 3.05. The van der Waals surface area contributed by atoms with Gasteiger partial charge in [-0.25, -0.2) is 0 Å². The predicted octanol–water partition coefficient (Wildman–Crippen LogP) is 3.71. The number of thioether (sulfide) groups is 1. The Morgan fingerprint density at radius 3 is 2.17 bits per heavy atom. The van der Waals surface area contributed by atoms with Crippen molar-refractivity contribution in [3.05, 3.63) is 66.2 Å². The maximum absolute atomic E-state index is 12.9. The Labute approximate surface area is 140 Å². The zero-order valence-electron chi connectivity index (χ0n) is 13.0. The lowest BCUT2D eigenvalue weighted by Crippen LogP contribution is -2.29. The van der Waals surface area contributed by atoms with Crippen LogP contribution >= 0.6 is 11.8 Å². The minimum Gasteiger partial charge on any atom is -0.297 e. The summed E-state index contributed by atoms with van der Waals surface area (Å²) in [6.07, 6.45) is 2.60. The molecule has 2 unspecified atom stereocenters. The summed E-state index contributed by atoms with van der Waals surface area (Å²) < 4.78 is 0. The summed E-state index contributed by atoms with van der Waals surface area (Å²) >= 11 is 1.66. The Balaban J connectivity index is 2.02. The molecule has 0 aromatic heterocycles. The van der Waals surface area contributed by atoms with E-state index in [9.17, 15) is 9.59 Å². The number of nitrogens with zero attached hydrogens (tertiary/aromatic N) is 1. The third-order valence-corrected chi connectivity index (χ3v) is 4.81.